The molecule has 0 radical (unpaired) electrons. The number of rotatable bonds is 4. The van der Waals surface area contributed by atoms with Crippen molar-refractivity contribution in [3.63, 3.8) is 0 Å². The van der Waals surface area contributed by atoms with Crippen molar-refractivity contribution in [1.82, 2.24) is 0 Å². The molecule has 1 N–H and O–H groups in total. The standard InChI is InChI=1S/C10H15O2P/c1-13(12,9-5-8-11)10-6-3-2-4-7-10/h2-4,6-7,11H,5,8-9H2,1H3. The Morgan fingerprint density at radius 3 is 2.46 bits per heavy atom. The molecule has 72 valence electrons. The van der Waals surface area contributed by atoms with Crippen LogP contribution in [0.25, 0.3) is 0 Å². The Hall–Kier alpha value is -0.590. The maximum atomic E-state index is 12.1. The number of benzene rings is 1. The van der Waals surface area contributed by atoms with Gasteiger partial charge in [0.05, 0.1) is 0 Å². The molecule has 0 spiro atoms. The first-order valence-corrected chi connectivity index (χ1v) is 6.74. The van der Waals surface area contributed by atoms with Crippen molar-refractivity contribution in [3.05, 3.63) is 30.3 Å². The van der Waals surface area contributed by atoms with Crippen LogP contribution in [0.2, 0.25) is 0 Å². The van der Waals surface area contributed by atoms with Gasteiger partial charge in [-0.05, 0) is 13.1 Å². The maximum absolute atomic E-state index is 12.1. The van der Waals surface area contributed by atoms with Gasteiger partial charge >= 0.3 is 0 Å². The SMILES string of the molecule is CP(=O)(CCCO)c1ccccc1. The smallest absolute Gasteiger partial charge is 0.112 e. The molecule has 1 aromatic carbocycles. The van der Waals surface area contributed by atoms with Crippen molar-refractivity contribution in [2.45, 2.75) is 6.42 Å². The largest absolute Gasteiger partial charge is 0.396 e. The van der Waals surface area contributed by atoms with Crippen LogP contribution in [0.15, 0.2) is 30.3 Å². The van der Waals surface area contributed by atoms with E-state index in [0.29, 0.717) is 12.6 Å². The third-order valence-corrected chi connectivity index (χ3v) is 4.61. The molecule has 2 nitrogen and oxygen atoms in total. The van der Waals surface area contributed by atoms with E-state index in [1.54, 1.807) is 6.66 Å². The molecule has 0 aromatic heterocycles. The molecule has 13 heavy (non-hydrogen) atoms. The van der Waals surface area contributed by atoms with Crippen molar-refractivity contribution < 1.29 is 9.67 Å². The predicted molar refractivity (Wildman–Crippen MR) is 56.2 cm³/mol. The second kappa shape index (κ2) is 4.59. The molecule has 0 aliphatic carbocycles. The van der Waals surface area contributed by atoms with Crippen molar-refractivity contribution in [2.75, 3.05) is 19.4 Å². The Kier molecular flexibility index (Phi) is 3.71. The second-order valence-electron chi connectivity index (χ2n) is 3.24. The Bertz CT molecular complexity index is 295. The molecule has 0 fully saturated rings. The van der Waals surface area contributed by atoms with E-state index in [4.69, 9.17) is 5.11 Å². The maximum Gasteiger partial charge on any atom is 0.112 e. The van der Waals surface area contributed by atoms with Gasteiger partial charge in [0.15, 0.2) is 0 Å². The lowest BCUT2D eigenvalue weighted by atomic mass is 10.4. The molecule has 1 aromatic rings. The number of hydrogen-bond donors (Lipinski definition) is 1. The van der Waals surface area contributed by atoms with Crippen LogP contribution in [-0.4, -0.2) is 24.5 Å². The highest BCUT2D eigenvalue weighted by Gasteiger charge is 2.16. The Morgan fingerprint density at radius 2 is 1.92 bits per heavy atom. The normalized spacial score (nSPS) is 15.2. The zero-order chi connectivity index (χ0) is 9.73. The zero-order valence-corrected chi connectivity index (χ0v) is 8.71. The van der Waals surface area contributed by atoms with E-state index in [-0.39, 0.29) is 6.61 Å². The molecule has 1 rings (SSSR count). The van der Waals surface area contributed by atoms with Crippen LogP contribution in [0.5, 0.6) is 0 Å². The minimum atomic E-state index is -2.22. The molecule has 1 unspecified atom stereocenters. The molecule has 1 atom stereocenters. The summed E-state index contributed by atoms with van der Waals surface area (Å²) in [7, 11) is -2.22. The quantitative estimate of drug-likeness (QED) is 0.747. The van der Waals surface area contributed by atoms with Gasteiger partial charge in [0.1, 0.15) is 7.14 Å². The van der Waals surface area contributed by atoms with Gasteiger partial charge in [-0.3, -0.25) is 0 Å². The summed E-state index contributed by atoms with van der Waals surface area (Å²) < 4.78 is 12.1. The molecular formula is C10H15O2P. The van der Waals surface area contributed by atoms with Gasteiger partial charge < -0.3 is 9.67 Å². The summed E-state index contributed by atoms with van der Waals surface area (Å²) in [5.41, 5.74) is 0. The average molecular weight is 198 g/mol. The lowest BCUT2D eigenvalue weighted by Gasteiger charge is -2.11. The highest BCUT2D eigenvalue weighted by molar-refractivity contribution is 7.70. The summed E-state index contributed by atoms with van der Waals surface area (Å²) in [6.07, 6.45) is 1.20. The molecule has 0 aliphatic heterocycles. The lowest BCUT2D eigenvalue weighted by Crippen LogP contribution is -2.06. The lowest BCUT2D eigenvalue weighted by molar-refractivity contribution is 0.295. The summed E-state index contributed by atoms with van der Waals surface area (Å²) in [4.78, 5) is 0. The van der Waals surface area contributed by atoms with Crippen LogP contribution in [0.3, 0.4) is 0 Å². The van der Waals surface area contributed by atoms with Gasteiger partial charge in [-0.2, -0.15) is 0 Å². The van der Waals surface area contributed by atoms with E-state index in [9.17, 15) is 4.57 Å². The van der Waals surface area contributed by atoms with E-state index in [1.165, 1.54) is 0 Å². The van der Waals surface area contributed by atoms with Gasteiger partial charge in [0.25, 0.3) is 0 Å². The van der Waals surface area contributed by atoms with E-state index >= 15 is 0 Å². The summed E-state index contributed by atoms with van der Waals surface area (Å²) in [5, 5.41) is 9.56. The van der Waals surface area contributed by atoms with Gasteiger partial charge in [0.2, 0.25) is 0 Å². The van der Waals surface area contributed by atoms with Gasteiger partial charge in [0, 0.05) is 18.1 Å². The summed E-state index contributed by atoms with van der Waals surface area (Å²) in [6, 6.07) is 9.47. The van der Waals surface area contributed by atoms with Crippen LogP contribution in [-0.2, 0) is 4.57 Å². The van der Waals surface area contributed by atoms with Crippen LogP contribution in [0, 0.1) is 0 Å². The molecular weight excluding hydrogens is 183 g/mol. The van der Waals surface area contributed by atoms with E-state index in [1.807, 2.05) is 30.3 Å². The van der Waals surface area contributed by atoms with Crippen molar-refractivity contribution in [2.24, 2.45) is 0 Å². The molecule has 0 bridgehead atoms. The zero-order valence-electron chi connectivity index (χ0n) is 7.81. The van der Waals surface area contributed by atoms with Gasteiger partial charge in [-0.1, -0.05) is 30.3 Å². The fourth-order valence-electron chi connectivity index (χ4n) is 1.24. The monoisotopic (exact) mass is 198 g/mol. The molecule has 0 amide bonds. The average Bonchev–Trinajstić information content (AvgIpc) is 2.16. The summed E-state index contributed by atoms with van der Waals surface area (Å²) in [6.45, 7) is 1.89. The number of aliphatic hydroxyl groups excluding tert-OH is 1. The van der Waals surface area contributed by atoms with Gasteiger partial charge in [-0.15, -0.1) is 0 Å². The molecule has 0 aliphatic rings. The molecule has 0 saturated heterocycles. The summed E-state index contributed by atoms with van der Waals surface area (Å²) >= 11 is 0. The fourth-order valence-corrected chi connectivity index (χ4v) is 3.05. The first-order chi connectivity index (χ1) is 6.17. The van der Waals surface area contributed by atoms with Crippen molar-refractivity contribution in [3.8, 4) is 0 Å². The van der Waals surface area contributed by atoms with Crippen molar-refractivity contribution in [1.29, 1.82) is 0 Å². The minimum absolute atomic E-state index is 0.116. The first kappa shape index (κ1) is 10.5. The topological polar surface area (TPSA) is 37.3 Å². The molecule has 3 heteroatoms. The molecule has 0 saturated carbocycles. The van der Waals surface area contributed by atoms with Gasteiger partial charge in [-0.25, -0.2) is 0 Å². The first-order valence-electron chi connectivity index (χ1n) is 4.40. The third kappa shape index (κ3) is 2.98. The summed E-state index contributed by atoms with van der Waals surface area (Å²) in [5.74, 6) is 0. The Labute approximate surface area is 79.0 Å². The van der Waals surface area contributed by atoms with E-state index in [2.05, 4.69) is 0 Å². The number of aliphatic hydroxyl groups is 1. The minimum Gasteiger partial charge on any atom is -0.396 e. The highest BCUT2D eigenvalue weighted by atomic mass is 31.2. The fraction of sp³-hybridized carbons (Fsp3) is 0.400. The second-order valence-corrected chi connectivity index (χ2v) is 6.40. The highest BCUT2D eigenvalue weighted by Crippen LogP contribution is 2.39. The van der Waals surface area contributed by atoms with Crippen molar-refractivity contribution >= 4 is 12.4 Å². The van der Waals surface area contributed by atoms with Crippen LogP contribution in [0.4, 0.5) is 0 Å². The third-order valence-electron chi connectivity index (χ3n) is 2.05. The van der Waals surface area contributed by atoms with E-state index in [0.717, 1.165) is 5.30 Å². The van der Waals surface area contributed by atoms with Crippen LogP contribution < -0.4 is 5.30 Å². The van der Waals surface area contributed by atoms with Crippen LogP contribution >= 0.6 is 7.14 Å². The van der Waals surface area contributed by atoms with E-state index < -0.39 is 7.14 Å². The molecule has 0 heterocycles. The predicted octanol–water partition coefficient (Wildman–Crippen LogP) is 1.69. The van der Waals surface area contributed by atoms with Crippen LogP contribution in [0.1, 0.15) is 6.42 Å². The Balaban J connectivity index is 2.76. The number of hydrogen-bond acceptors (Lipinski definition) is 2. The Morgan fingerprint density at radius 1 is 1.31 bits per heavy atom.